The van der Waals surface area contributed by atoms with E-state index in [-0.39, 0.29) is 5.69 Å². The number of carbonyl (C=O) groups excluding carboxylic acids is 1. The van der Waals surface area contributed by atoms with Crippen molar-refractivity contribution >= 4 is 18.1 Å². The highest BCUT2D eigenvalue weighted by Gasteiger charge is 2.11. The first-order chi connectivity index (χ1) is 12.7. The molecule has 0 spiro atoms. The topological polar surface area (TPSA) is 61.6 Å². The summed E-state index contributed by atoms with van der Waals surface area (Å²) in [4.78, 5) is 11.6. The summed E-state index contributed by atoms with van der Waals surface area (Å²) in [5, 5.41) is 3.69. The molecule has 0 saturated heterocycles. The second kappa shape index (κ2) is 8.67. The van der Waals surface area contributed by atoms with Crippen LogP contribution in [0.25, 0.3) is 12.2 Å². The van der Waals surface area contributed by atoms with Crippen molar-refractivity contribution in [3.05, 3.63) is 83.2 Å². The summed E-state index contributed by atoms with van der Waals surface area (Å²) in [6, 6.07) is 19.3. The number of aromatic nitrogens is 1. The molecule has 0 N–H and O–H groups in total. The summed E-state index contributed by atoms with van der Waals surface area (Å²) >= 11 is 0. The van der Waals surface area contributed by atoms with Crippen molar-refractivity contribution in [1.82, 2.24) is 5.16 Å². The molecule has 3 rings (SSSR count). The first-order valence-electron chi connectivity index (χ1n) is 8.33. The standard InChI is InChI=1S/C21H19NO4/c1-2-24-21(23)20-14-19(26-22-20)13-10-16-8-11-18(12-9-16)25-15-17-6-4-3-5-7-17/h3-14H,2,15H2,1H3/b13-10+. The summed E-state index contributed by atoms with van der Waals surface area (Å²) in [6.07, 6.45) is 3.62. The van der Waals surface area contributed by atoms with E-state index in [4.69, 9.17) is 14.0 Å². The van der Waals surface area contributed by atoms with E-state index < -0.39 is 5.97 Å². The monoisotopic (exact) mass is 349 g/mol. The number of benzene rings is 2. The smallest absolute Gasteiger partial charge is 0.360 e. The van der Waals surface area contributed by atoms with Crippen molar-refractivity contribution in [1.29, 1.82) is 0 Å². The Morgan fingerprint density at radius 2 is 1.85 bits per heavy atom. The van der Waals surface area contributed by atoms with Gasteiger partial charge in [0.15, 0.2) is 11.5 Å². The molecule has 0 unspecified atom stereocenters. The molecule has 0 fully saturated rings. The van der Waals surface area contributed by atoms with Crippen molar-refractivity contribution in [2.75, 3.05) is 6.61 Å². The second-order valence-electron chi connectivity index (χ2n) is 5.51. The number of carbonyl (C=O) groups is 1. The molecular weight excluding hydrogens is 330 g/mol. The fraction of sp³-hybridized carbons (Fsp3) is 0.143. The first kappa shape index (κ1) is 17.5. The zero-order valence-electron chi connectivity index (χ0n) is 14.4. The molecule has 0 saturated carbocycles. The molecule has 26 heavy (non-hydrogen) atoms. The number of ether oxygens (including phenoxy) is 2. The van der Waals surface area contributed by atoms with E-state index in [0.717, 1.165) is 16.9 Å². The molecular formula is C21H19NO4. The maximum atomic E-state index is 11.6. The van der Waals surface area contributed by atoms with Gasteiger partial charge in [0.2, 0.25) is 0 Å². The van der Waals surface area contributed by atoms with Gasteiger partial charge in [0.05, 0.1) is 6.61 Å². The summed E-state index contributed by atoms with van der Waals surface area (Å²) in [5.41, 5.74) is 2.27. The lowest BCUT2D eigenvalue weighted by atomic mass is 10.2. The third-order valence-corrected chi connectivity index (χ3v) is 3.58. The minimum Gasteiger partial charge on any atom is -0.489 e. The third-order valence-electron chi connectivity index (χ3n) is 3.58. The van der Waals surface area contributed by atoms with Crippen LogP contribution in [0.15, 0.2) is 65.2 Å². The molecule has 1 aromatic heterocycles. The number of rotatable bonds is 7. The highest BCUT2D eigenvalue weighted by molar-refractivity contribution is 5.87. The van der Waals surface area contributed by atoms with E-state index in [1.807, 2.05) is 60.7 Å². The predicted octanol–water partition coefficient (Wildman–Crippen LogP) is 4.60. The van der Waals surface area contributed by atoms with Gasteiger partial charge in [-0.1, -0.05) is 53.7 Å². The van der Waals surface area contributed by atoms with Crippen LogP contribution in [0.3, 0.4) is 0 Å². The van der Waals surface area contributed by atoms with Crippen LogP contribution >= 0.6 is 0 Å². The fourth-order valence-corrected chi connectivity index (χ4v) is 2.26. The molecule has 5 heteroatoms. The Balaban J connectivity index is 1.57. The van der Waals surface area contributed by atoms with Crippen molar-refractivity contribution in [2.24, 2.45) is 0 Å². The molecule has 0 aliphatic rings. The van der Waals surface area contributed by atoms with Gasteiger partial charge in [0.25, 0.3) is 0 Å². The van der Waals surface area contributed by atoms with Gasteiger partial charge in [-0.25, -0.2) is 4.79 Å². The molecule has 0 aliphatic carbocycles. The molecule has 5 nitrogen and oxygen atoms in total. The summed E-state index contributed by atoms with van der Waals surface area (Å²) in [6.45, 7) is 2.58. The van der Waals surface area contributed by atoms with Gasteiger partial charge in [-0.2, -0.15) is 0 Å². The van der Waals surface area contributed by atoms with Crippen molar-refractivity contribution < 1.29 is 18.8 Å². The van der Waals surface area contributed by atoms with Crippen molar-refractivity contribution in [3.8, 4) is 5.75 Å². The minimum atomic E-state index is -0.490. The van der Waals surface area contributed by atoms with Gasteiger partial charge in [-0.05, 0) is 36.3 Å². The molecule has 3 aromatic rings. The van der Waals surface area contributed by atoms with Crippen molar-refractivity contribution in [2.45, 2.75) is 13.5 Å². The molecule has 0 radical (unpaired) electrons. The zero-order valence-corrected chi connectivity index (χ0v) is 14.4. The Hall–Kier alpha value is -3.34. The SMILES string of the molecule is CCOC(=O)c1cc(/C=C/c2ccc(OCc3ccccc3)cc2)on1. The zero-order chi connectivity index (χ0) is 18.2. The van der Waals surface area contributed by atoms with E-state index in [2.05, 4.69) is 5.16 Å². The van der Waals surface area contributed by atoms with Gasteiger partial charge in [-0.15, -0.1) is 0 Å². The average molecular weight is 349 g/mol. The molecule has 0 amide bonds. The molecule has 1 heterocycles. The van der Waals surface area contributed by atoms with E-state index in [1.165, 1.54) is 0 Å². The summed E-state index contributed by atoms with van der Waals surface area (Å²) in [5.74, 6) is 0.795. The van der Waals surface area contributed by atoms with Crippen LogP contribution in [0.5, 0.6) is 5.75 Å². The lowest BCUT2D eigenvalue weighted by molar-refractivity contribution is 0.0514. The highest BCUT2D eigenvalue weighted by atomic mass is 16.5. The van der Waals surface area contributed by atoms with E-state index in [9.17, 15) is 4.79 Å². The average Bonchev–Trinajstić information content (AvgIpc) is 3.16. The second-order valence-corrected chi connectivity index (χ2v) is 5.51. The van der Waals surface area contributed by atoms with Crippen LogP contribution in [-0.4, -0.2) is 17.7 Å². The van der Waals surface area contributed by atoms with E-state index in [0.29, 0.717) is 19.0 Å². The van der Waals surface area contributed by atoms with Gasteiger partial charge in [-0.3, -0.25) is 0 Å². The highest BCUT2D eigenvalue weighted by Crippen LogP contribution is 2.16. The van der Waals surface area contributed by atoms with Gasteiger partial charge in [0, 0.05) is 6.07 Å². The summed E-state index contributed by atoms with van der Waals surface area (Å²) < 4.78 is 15.7. The van der Waals surface area contributed by atoms with Crippen LogP contribution in [0.4, 0.5) is 0 Å². The Morgan fingerprint density at radius 1 is 1.08 bits per heavy atom. The van der Waals surface area contributed by atoms with Gasteiger partial charge >= 0.3 is 5.97 Å². The predicted molar refractivity (Wildman–Crippen MR) is 98.6 cm³/mol. The van der Waals surface area contributed by atoms with Crippen LogP contribution < -0.4 is 4.74 Å². The number of hydrogen-bond acceptors (Lipinski definition) is 5. The number of esters is 1. The normalized spacial score (nSPS) is 10.8. The maximum Gasteiger partial charge on any atom is 0.360 e. The molecule has 132 valence electrons. The molecule has 2 aromatic carbocycles. The maximum absolute atomic E-state index is 11.6. The van der Waals surface area contributed by atoms with Crippen LogP contribution in [-0.2, 0) is 11.3 Å². The summed E-state index contributed by atoms with van der Waals surface area (Å²) in [7, 11) is 0. The first-order valence-corrected chi connectivity index (χ1v) is 8.33. The van der Waals surface area contributed by atoms with E-state index >= 15 is 0 Å². The van der Waals surface area contributed by atoms with E-state index in [1.54, 1.807) is 19.1 Å². The Morgan fingerprint density at radius 3 is 2.58 bits per heavy atom. The van der Waals surface area contributed by atoms with Crippen molar-refractivity contribution in [3.63, 3.8) is 0 Å². The quantitative estimate of drug-likeness (QED) is 0.583. The van der Waals surface area contributed by atoms with Gasteiger partial charge < -0.3 is 14.0 Å². The Bertz CT molecular complexity index is 867. The number of nitrogens with zero attached hydrogens (tertiary/aromatic N) is 1. The minimum absolute atomic E-state index is 0.163. The van der Waals surface area contributed by atoms with Crippen LogP contribution in [0, 0.1) is 0 Å². The molecule has 0 atom stereocenters. The Labute approximate surface area is 151 Å². The third kappa shape index (κ3) is 4.83. The fourth-order valence-electron chi connectivity index (χ4n) is 2.26. The lowest BCUT2D eigenvalue weighted by Crippen LogP contribution is -2.04. The largest absolute Gasteiger partial charge is 0.489 e. The number of hydrogen-bond donors (Lipinski definition) is 0. The van der Waals surface area contributed by atoms with Crippen LogP contribution in [0.1, 0.15) is 34.3 Å². The molecule has 0 bridgehead atoms. The van der Waals surface area contributed by atoms with Gasteiger partial charge in [0.1, 0.15) is 12.4 Å². The lowest BCUT2D eigenvalue weighted by Gasteiger charge is -2.06. The Kier molecular flexibility index (Phi) is 5.83. The van der Waals surface area contributed by atoms with Crippen LogP contribution in [0.2, 0.25) is 0 Å². The molecule has 0 aliphatic heterocycles.